The van der Waals surface area contributed by atoms with Crippen LogP contribution in [0.4, 0.5) is 13.2 Å². The van der Waals surface area contributed by atoms with Crippen LogP contribution in [0.5, 0.6) is 0 Å². The summed E-state index contributed by atoms with van der Waals surface area (Å²) in [6.07, 6.45) is -2.06. The van der Waals surface area contributed by atoms with Gasteiger partial charge in [-0.25, -0.2) is 0 Å². The molecule has 0 spiro atoms. The van der Waals surface area contributed by atoms with Crippen LogP contribution in [0.3, 0.4) is 0 Å². The Morgan fingerprint density at radius 1 is 1.35 bits per heavy atom. The van der Waals surface area contributed by atoms with E-state index in [2.05, 4.69) is 16.6 Å². The maximum atomic E-state index is 11.9. The van der Waals surface area contributed by atoms with Crippen molar-refractivity contribution in [2.24, 2.45) is 11.7 Å². The molecule has 0 aromatic heterocycles. The van der Waals surface area contributed by atoms with Crippen LogP contribution in [0.15, 0.2) is 0 Å². The van der Waals surface area contributed by atoms with Gasteiger partial charge in [-0.3, -0.25) is 4.90 Å². The van der Waals surface area contributed by atoms with Gasteiger partial charge in [-0.2, -0.15) is 13.2 Å². The van der Waals surface area contributed by atoms with Gasteiger partial charge in [0.25, 0.3) is 0 Å². The van der Waals surface area contributed by atoms with Crippen LogP contribution in [0.25, 0.3) is 0 Å². The molecular formula is C11H21F3N2O. The van der Waals surface area contributed by atoms with Crippen molar-refractivity contribution in [2.75, 3.05) is 32.8 Å². The maximum absolute atomic E-state index is 11.9. The molecule has 0 aromatic carbocycles. The van der Waals surface area contributed by atoms with Crippen molar-refractivity contribution >= 4 is 0 Å². The largest absolute Gasteiger partial charge is 0.411 e. The summed E-state index contributed by atoms with van der Waals surface area (Å²) < 4.78 is 40.2. The number of ether oxygens (including phenoxy) is 1. The smallest absolute Gasteiger partial charge is 0.371 e. The molecule has 1 fully saturated rings. The van der Waals surface area contributed by atoms with E-state index in [0.29, 0.717) is 25.0 Å². The number of alkyl halides is 3. The zero-order valence-corrected chi connectivity index (χ0v) is 10.2. The first kappa shape index (κ1) is 14.7. The van der Waals surface area contributed by atoms with E-state index in [4.69, 9.17) is 5.73 Å². The number of hydrogen-bond acceptors (Lipinski definition) is 3. The van der Waals surface area contributed by atoms with Gasteiger partial charge in [0.2, 0.25) is 0 Å². The minimum atomic E-state index is -4.23. The number of rotatable bonds is 5. The van der Waals surface area contributed by atoms with Crippen molar-refractivity contribution in [1.82, 2.24) is 4.90 Å². The van der Waals surface area contributed by atoms with Crippen LogP contribution in [-0.4, -0.2) is 50.0 Å². The lowest BCUT2D eigenvalue weighted by molar-refractivity contribution is -0.175. The first-order valence-corrected chi connectivity index (χ1v) is 6.01. The van der Waals surface area contributed by atoms with E-state index >= 15 is 0 Å². The molecule has 2 atom stereocenters. The molecule has 3 nitrogen and oxygen atoms in total. The zero-order valence-electron chi connectivity index (χ0n) is 10.2. The Morgan fingerprint density at radius 2 is 2.06 bits per heavy atom. The normalized spacial score (nSPS) is 27.4. The monoisotopic (exact) mass is 254 g/mol. The molecule has 2 N–H and O–H groups in total. The van der Waals surface area contributed by atoms with Crippen molar-refractivity contribution in [3.63, 3.8) is 0 Å². The predicted molar refractivity (Wildman–Crippen MR) is 59.7 cm³/mol. The fraction of sp³-hybridized carbons (Fsp3) is 1.00. The highest BCUT2D eigenvalue weighted by molar-refractivity contribution is 4.79. The second-order valence-electron chi connectivity index (χ2n) is 4.69. The van der Waals surface area contributed by atoms with Gasteiger partial charge in [-0.1, -0.05) is 0 Å². The molecule has 0 aliphatic carbocycles. The lowest BCUT2D eigenvalue weighted by Gasteiger charge is -2.37. The Balaban J connectivity index is 2.20. The van der Waals surface area contributed by atoms with Crippen LogP contribution in [0.1, 0.15) is 19.8 Å². The summed E-state index contributed by atoms with van der Waals surface area (Å²) in [5, 5.41) is 0. The second-order valence-corrected chi connectivity index (χ2v) is 4.69. The van der Waals surface area contributed by atoms with Gasteiger partial charge in [0.1, 0.15) is 6.61 Å². The highest BCUT2D eigenvalue weighted by atomic mass is 19.4. The molecule has 1 heterocycles. The third-order valence-electron chi connectivity index (χ3n) is 3.23. The molecule has 2 unspecified atom stereocenters. The van der Waals surface area contributed by atoms with E-state index < -0.39 is 12.8 Å². The van der Waals surface area contributed by atoms with Crippen molar-refractivity contribution in [1.29, 1.82) is 0 Å². The minimum Gasteiger partial charge on any atom is -0.371 e. The Bertz CT molecular complexity index is 223. The Morgan fingerprint density at radius 3 is 2.65 bits per heavy atom. The minimum absolute atomic E-state index is 0.126. The molecule has 102 valence electrons. The van der Waals surface area contributed by atoms with E-state index in [-0.39, 0.29) is 6.61 Å². The van der Waals surface area contributed by atoms with Crippen LogP contribution >= 0.6 is 0 Å². The summed E-state index contributed by atoms with van der Waals surface area (Å²) in [6, 6.07) is 0.410. The van der Waals surface area contributed by atoms with Gasteiger partial charge in [-0.05, 0) is 32.2 Å². The SMILES string of the molecule is CC1CCC(CN)CN1CCOCC(F)(F)F. The molecule has 0 saturated carbocycles. The van der Waals surface area contributed by atoms with E-state index in [9.17, 15) is 13.2 Å². The second kappa shape index (κ2) is 6.56. The van der Waals surface area contributed by atoms with E-state index in [0.717, 1.165) is 19.4 Å². The summed E-state index contributed by atoms with van der Waals surface area (Å²) in [4.78, 5) is 2.16. The van der Waals surface area contributed by atoms with Crippen LogP contribution in [0.2, 0.25) is 0 Å². The lowest BCUT2D eigenvalue weighted by atomic mass is 9.94. The summed E-state index contributed by atoms with van der Waals surface area (Å²) >= 11 is 0. The van der Waals surface area contributed by atoms with Crippen molar-refractivity contribution in [2.45, 2.75) is 32.0 Å². The number of likely N-dealkylation sites (tertiary alicyclic amines) is 1. The quantitative estimate of drug-likeness (QED) is 0.758. The average molecular weight is 254 g/mol. The van der Waals surface area contributed by atoms with Gasteiger partial charge in [0.05, 0.1) is 6.61 Å². The number of halogens is 3. The van der Waals surface area contributed by atoms with Crippen LogP contribution in [0, 0.1) is 5.92 Å². The first-order chi connectivity index (χ1) is 7.92. The van der Waals surface area contributed by atoms with Gasteiger partial charge in [-0.15, -0.1) is 0 Å². The number of piperidine rings is 1. The number of nitrogens with zero attached hydrogens (tertiary/aromatic N) is 1. The van der Waals surface area contributed by atoms with Crippen LogP contribution < -0.4 is 5.73 Å². The highest BCUT2D eigenvalue weighted by Crippen LogP contribution is 2.21. The topological polar surface area (TPSA) is 38.5 Å². The highest BCUT2D eigenvalue weighted by Gasteiger charge is 2.28. The van der Waals surface area contributed by atoms with Gasteiger partial charge in [0.15, 0.2) is 0 Å². The van der Waals surface area contributed by atoms with Gasteiger partial charge in [0, 0.05) is 19.1 Å². The van der Waals surface area contributed by atoms with E-state index in [1.54, 1.807) is 0 Å². The Labute approximate surface area is 100 Å². The summed E-state index contributed by atoms with van der Waals surface area (Å²) in [5.74, 6) is 0.466. The standard InChI is InChI=1S/C11H21F3N2O/c1-9-2-3-10(6-15)7-16(9)4-5-17-8-11(12,13)14/h9-10H,2-8,15H2,1H3. The molecule has 0 bridgehead atoms. The number of nitrogens with two attached hydrogens (primary N) is 1. The average Bonchev–Trinajstić information content (AvgIpc) is 2.25. The van der Waals surface area contributed by atoms with Crippen molar-refractivity contribution in [3.8, 4) is 0 Å². The summed E-state index contributed by atoms with van der Waals surface area (Å²) in [7, 11) is 0. The molecule has 0 aromatic rings. The van der Waals surface area contributed by atoms with Crippen LogP contribution in [-0.2, 0) is 4.74 Å². The Hall–Kier alpha value is -0.330. The Kier molecular flexibility index (Phi) is 5.69. The zero-order chi connectivity index (χ0) is 12.9. The van der Waals surface area contributed by atoms with Gasteiger partial charge < -0.3 is 10.5 Å². The molecule has 0 amide bonds. The fourth-order valence-corrected chi connectivity index (χ4v) is 2.14. The molecular weight excluding hydrogens is 233 g/mol. The molecule has 6 heteroatoms. The molecule has 17 heavy (non-hydrogen) atoms. The number of hydrogen-bond donors (Lipinski definition) is 1. The third-order valence-corrected chi connectivity index (χ3v) is 3.23. The first-order valence-electron chi connectivity index (χ1n) is 6.01. The van der Waals surface area contributed by atoms with Gasteiger partial charge >= 0.3 is 6.18 Å². The molecule has 1 aliphatic heterocycles. The summed E-state index contributed by atoms with van der Waals surface area (Å²) in [6.45, 7) is 3.13. The summed E-state index contributed by atoms with van der Waals surface area (Å²) in [5.41, 5.74) is 5.62. The molecule has 1 aliphatic rings. The molecule has 0 radical (unpaired) electrons. The molecule has 1 rings (SSSR count). The van der Waals surface area contributed by atoms with Crippen molar-refractivity contribution in [3.05, 3.63) is 0 Å². The fourth-order valence-electron chi connectivity index (χ4n) is 2.14. The molecule has 1 saturated heterocycles. The predicted octanol–water partition coefficient (Wildman–Crippen LogP) is 1.62. The van der Waals surface area contributed by atoms with E-state index in [1.165, 1.54) is 0 Å². The van der Waals surface area contributed by atoms with E-state index in [1.807, 2.05) is 0 Å². The maximum Gasteiger partial charge on any atom is 0.411 e. The lowest BCUT2D eigenvalue weighted by Crippen LogP contribution is -2.45. The third kappa shape index (κ3) is 5.70. The van der Waals surface area contributed by atoms with Crippen molar-refractivity contribution < 1.29 is 17.9 Å².